The van der Waals surface area contributed by atoms with Crippen LogP contribution < -0.4 is 0 Å². The Labute approximate surface area is 106 Å². The molecule has 2 nitrogen and oxygen atoms in total. The van der Waals surface area contributed by atoms with Crippen molar-refractivity contribution in [3.05, 3.63) is 35.4 Å². The van der Waals surface area contributed by atoms with Gasteiger partial charge in [0.05, 0.1) is 17.6 Å². The van der Waals surface area contributed by atoms with Gasteiger partial charge in [-0.15, -0.1) is 0 Å². The van der Waals surface area contributed by atoms with Crippen molar-refractivity contribution in [3.63, 3.8) is 0 Å². The van der Waals surface area contributed by atoms with Gasteiger partial charge in [-0.1, -0.05) is 42.9 Å². The fraction of sp³-hybridized carbons (Fsp3) is 0.429. The largest absolute Gasteiger partial charge is 0.316 e. The molecule has 1 saturated carbocycles. The molecule has 0 bridgehead atoms. The van der Waals surface area contributed by atoms with Crippen LogP contribution in [0.5, 0.6) is 0 Å². The highest BCUT2D eigenvalue weighted by molar-refractivity contribution is 7.80. The number of amidine groups is 1. The highest BCUT2D eigenvalue weighted by Gasteiger charge is 2.41. The molecule has 3 heteroatoms. The van der Waals surface area contributed by atoms with Crippen LogP contribution >= 0.6 is 12.2 Å². The van der Waals surface area contributed by atoms with E-state index in [9.17, 15) is 0 Å². The molecule has 0 saturated heterocycles. The number of aliphatic imine (C=N–C) groups is 1. The van der Waals surface area contributed by atoms with E-state index < -0.39 is 0 Å². The van der Waals surface area contributed by atoms with Crippen LogP contribution in [-0.4, -0.2) is 21.8 Å². The number of hydrogen-bond acceptors (Lipinski definition) is 2. The summed E-state index contributed by atoms with van der Waals surface area (Å²) in [5.41, 5.74) is 2.66. The third-order valence-electron chi connectivity index (χ3n) is 4.19. The Bertz CT molecular complexity index is 535. The number of hydrogen-bond donors (Lipinski definition) is 0. The molecule has 0 spiro atoms. The summed E-state index contributed by atoms with van der Waals surface area (Å²) in [6.07, 6.45) is 3.72. The van der Waals surface area contributed by atoms with Gasteiger partial charge in [0, 0.05) is 11.5 Å². The van der Waals surface area contributed by atoms with Gasteiger partial charge in [-0.25, -0.2) is 0 Å². The zero-order valence-electron chi connectivity index (χ0n) is 9.60. The van der Waals surface area contributed by atoms with Gasteiger partial charge in [0.2, 0.25) is 0 Å². The normalized spacial score (nSPS) is 29.8. The van der Waals surface area contributed by atoms with Crippen molar-refractivity contribution < 1.29 is 0 Å². The number of rotatable bonds is 0. The lowest BCUT2D eigenvalue weighted by atomic mass is 10.0. The topological polar surface area (TPSA) is 15.6 Å². The second-order valence-electron chi connectivity index (χ2n) is 5.14. The minimum absolute atomic E-state index is 0.458. The van der Waals surface area contributed by atoms with Crippen molar-refractivity contribution in [2.24, 2.45) is 10.9 Å². The van der Waals surface area contributed by atoms with E-state index >= 15 is 0 Å². The fourth-order valence-corrected chi connectivity index (χ4v) is 3.75. The van der Waals surface area contributed by atoms with E-state index in [4.69, 9.17) is 17.2 Å². The maximum atomic E-state index is 5.67. The summed E-state index contributed by atoms with van der Waals surface area (Å²) in [4.78, 5) is 8.34. The van der Waals surface area contributed by atoms with Crippen LogP contribution in [-0.2, 0) is 6.54 Å². The van der Waals surface area contributed by atoms with Gasteiger partial charge in [0.25, 0.3) is 0 Å². The molecule has 0 amide bonds. The smallest absolute Gasteiger partial charge is 0.136 e. The first-order valence-electron chi connectivity index (χ1n) is 6.32. The summed E-state index contributed by atoms with van der Waals surface area (Å²) < 4.78 is 0. The lowest BCUT2D eigenvalue weighted by Crippen LogP contribution is -2.42. The van der Waals surface area contributed by atoms with E-state index in [0.29, 0.717) is 12.0 Å². The van der Waals surface area contributed by atoms with Gasteiger partial charge in [0.1, 0.15) is 5.84 Å². The van der Waals surface area contributed by atoms with Crippen molar-refractivity contribution in [1.29, 1.82) is 0 Å². The monoisotopic (exact) mass is 242 g/mol. The number of benzene rings is 1. The Morgan fingerprint density at radius 1 is 1.24 bits per heavy atom. The van der Waals surface area contributed by atoms with E-state index in [-0.39, 0.29) is 0 Å². The third kappa shape index (κ3) is 1.26. The predicted octanol–water partition coefficient (Wildman–Crippen LogP) is 2.76. The summed E-state index contributed by atoms with van der Waals surface area (Å²) >= 11 is 5.67. The quantitative estimate of drug-likeness (QED) is 0.650. The number of fused-ring (bicyclic) bond motifs is 4. The molecule has 2 unspecified atom stereocenters. The molecular formula is C14H14N2S. The van der Waals surface area contributed by atoms with Crippen molar-refractivity contribution in [2.45, 2.75) is 31.8 Å². The average Bonchev–Trinajstić information content (AvgIpc) is 2.94. The standard InChI is InChI=1S/C14H14N2S/c17-14-11-6-3-7-12(11)15-13-10-5-2-1-4-9(10)8-16(13)14/h1-2,4-5,11-12H,3,6-8H2. The lowest BCUT2D eigenvalue weighted by Gasteiger charge is -2.32. The highest BCUT2D eigenvalue weighted by atomic mass is 32.1. The van der Waals surface area contributed by atoms with Crippen molar-refractivity contribution >= 4 is 23.0 Å². The maximum absolute atomic E-state index is 5.67. The predicted molar refractivity (Wildman–Crippen MR) is 72.2 cm³/mol. The summed E-state index contributed by atoms with van der Waals surface area (Å²) in [6, 6.07) is 9.01. The van der Waals surface area contributed by atoms with Crippen LogP contribution in [0.3, 0.4) is 0 Å². The zero-order valence-corrected chi connectivity index (χ0v) is 10.4. The summed E-state index contributed by atoms with van der Waals surface area (Å²) in [7, 11) is 0. The Morgan fingerprint density at radius 3 is 3.06 bits per heavy atom. The first-order valence-corrected chi connectivity index (χ1v) is 6.73. The van der Waals surface area contributed by atoms with E-state index in [1.807, 2.05) is 0 Å². The molecule has 2 atom stereocenters. The second-order valence-corrected chi connectivity index (χ2v) is 5.56. The summed E-state index contributed by atoms with van der Waals surface area (Å²) in [6.45, 7) is 0.928. The Hall–Kier alpha value is -1.22. The van der Waals surface area contributed by atoms with Crippen molar-refractivity contribution in [1.82, 2.24) is 4.90 Å². The molecule has 1 aromatic carbocycles. The second kappa shape index (κ2) is 3.39. The van der Waals surface area contributed by atoms with Crippen molar-refractivity contribution in [3.8, 4) is 0 Å². The summed E-state index contributed by atoms with van der Waals surface area (Å²) in [5.74, 6) is 1.66. The van der Waals surface area contributed by atoms with Crippen LogP contribution in [0, 0.1) is 5.92 Å². The molecule has 2 heterocycles. The van der Waals surface area contributed by atoms with Gasteiger partial charge >= 0.3 is 0 Å². The minimum atomic E-state index is 0.458. The third-order valence-corrected chi connectivity index (χ3v) is 4.72. The zero-order chi connectivity index (χ0) is 11.4. The molecule has 1 aliphatic carbocycles. The molecule has 3 aliphatic rings. The molecular weight excluding hydrogens is 228 g/mol. The minimum Gasteiger partial charge on any atom is -0.316 e. The van der Waals surface area contributed by atoms with E-state index in [0.717, 1.165) is 17.4 Å². The van der Waals surface area contributed by atoms with E-state index in [1.165, 1.54) is 30.4 Å². The van der Waals surface area contributed by atoms with Gasteiger partial charge < -0.3 is 4.90 Å². The van der Waals surface area contributed by atoms with Gasteiger partial charge in [-0.3, -0.25) is 4.99 Å². The number of thiocarbonyl (C=S) groups is 1. The maximum Gasteiger partial charge on any atom is 0.136 e. The lowest BCUT2D eigenvalue weighted by molar-refractivity contribution is 0.502. The molecule has 17 heavy (non-hydrogen) atoms. The molecule has 0 N–H and O–H groups in total. The van der Waals surface area contributed by atoms with Crippen LogP contribution in [0.4, 0.5) is 0 Å². The summed E-state index contributed by atoms with van der Waals surface area (Å²) in [5, 5.41) is 0. The molecule has 1 fully saturated rings. The first kappa shape index (κ1) is 9.77. The average molecular weight is 242 g/mol. The van der Waals surface area contributed by atoms with Gasteiger partial charge in [-0.2, -0.15) is 0 Å². The molecule has 86 valence electrons. The Balaban J connectivity index is 1.86. The van der Waals surface area contributed by atoms with Crippen LogP contribution in [0.15, 0.2) is 29.3 Å². The Kier molecular flexibility index (Phi) is 1.95. The number of nitrogens with zero attached hydrogens (tertiary/aromatic N) is 2. The van der Waals surface area contributed by atoms with Crippen LogP contribution in [0.1, 0.15) is 30.4 Å². The van der Waals surface area contributed by atoms with Gasteiger partial charge in [0.15, 0.2) is 0 Å². The molecule has 0 radical (unpaired) electrons. The molecule has 0 aromatic heterocycles. The van der Waals surface area contributed by atoms with Crippen LogP contribution in [0.2, 0.25) is 0 Å². The Morgan fingerprint density at radius 2 is 2.12 bits per heavy atom. The van der Waals surface area contributed by atoms with Crippen molar-refractivity contribution in [2.75, 3.05) is 0 Å². The SMILES string of the molecule is S=C1C2CCCC2N=C2c3ccccc3CN12. The fourth-order valence-electron chi connectivity index (χ4n) is 3.33. The van der Waals surface area contributed by atoms with Crippen LogP contribution in [0.25, 0.3) is 0 Å². The molecule has 4 rings (SSSR count). The molecule has 2 aliphatic heterocycles. The van der Waals surface area contributed by atoms with E-state index in [1.54, 1.807) is 0 Å². The highest BCUT2D eigenvalue weighted by Crippen LogP contribution is 2.38. The first-order chi connectivity index (χ1) is 8.34. The molecule has 1 aromatic rings. The van der Waals surface area contributed by atoms with Gasteiger partial charge in [-0.05, 0) is 18.4 Å². The van der Waals surface area contributed by atoms with E-state index in [2.05, 4.69) is 29.2 Å².